The lowest BCUT2D eigenvalue weighted by Crippen LogP contribution is -2.36. The molecule has 2 rings (SSSR count). The summed E-state index contributed by atoms with van der Waals surface area (Å²) in [5.74, 6) is -1.71. The van der Waals surface area contributed by atoms with Gasteiger partial charge in [0.25, 0.3) is 0 Å². The van der Waals surface area contributed by atoms with E-state index in [-0.39, 0.29) is 22.3 Å². The van der Waals surface area contributed by atoms with Crippen LogP contribution in [0.3, 0.4) is 0 Å². The number of sulfonamides is 1. The Morgan fingerprint density at radius 1 is 1.50 bits per heavy atom. The van der Waals surface area contributed by atoms with Gasteiger partial charge in [0.2, 0.25) is 10.0 Å². The van der Waals surface area contributed by atoms with Crippen LogP contribution >= 0.6 is 15.9 Å². The Balaban J connectivity index is 2.33. The molecular weight excluding hydrogens is 353 g/mol. The quantitative estimate of drug-likeness (QED) is 0.887. The first-order chi connectivity index (χ1) is 9.32. The van der Waals surface area contributed by atoms with Gasteiger partial charge in [-0.2, -0.15) is 4.31 Å². The standard InChI is InChI=1S/C12H13BrFNO4S/c13-10-4-3-9(7-11(10)14)20(18,19)15-5-1-2-8(15)6-12(16)17/h3-4,7-8H,1-2,5-6H2,(H,16,17). The molecule has 1 heterocycles. The second kappa shape index (κ2) is 5.79. The van der Waals surface area contributed by atoms with Crippen molar-refractivity contribution < 1.29 is 22.7 Å². The number of hydrogen-bond acceptors (Lipinski definition) is 3. The van der Waals surface area contributed by atoms with Crippen molar-refractivity contribution in [3.8, 4) is 0 Å². The summed E-state index contributed by atoms with van der Waals surface area (Å²) in [7, 11) is -3.86. The van der Waals surface area contributed by atoms with Gasteiger partial charge in [0.1, 0.15) is 5.82 Å². The molecule has 1 aromatic rings. The van der Waals surface area contributed by atoms with Gasteiger partial charge in [0.05, 0.1) is 15.8 Å². The zero-order chi connectivity index (χ0) is 14.9. The predicted octanol–water partition coefficient (Wildman–Crippen LogP) is 2.22. The van der Waals surface area contributed by atoms with Gasteiger partial charge >= 0.3 is 5.97 Å². The molecule has 1 aliphatic rings. The molecular formula is C12H13BrFNO4S. The van der Waals surface area contributed by atoms with E-state index in [4.69, 9.17) is 5.11 Å². The highest BCUT2D eigenvalue weighted by Crippen LogP contribution is 2.29. The van der Waals surface area contributed by atoms with Gasteiger partial charge in [-0.3, -0.25) is 4.79 Å². The van der Waals surface area contributed by atoms with Gasteiger partial charge in [-0.25, -0.2) is 12.8 Å². The van der Waals surface area contributed by atoms with E-state index in [1.165, 1.54) is 12.1 Å². The van der Waals surface area contributed by atoms with Crippen molar-refractivity contribution >= 4 is 31.9 Å². The molecule has 0 radical (unpaired) electrons. The normalized spacial score (nSPS) is 20.2. The van der Waals surface area contributed by atoms with Crippen LogP contribution < -0.4 is 0 Å². The first-order valence-corrected chi connectivity index (χ1v) is 8.24. The number of carbonyl (C=O) groups is 1. The summed E-state index contributed by atoms with van der Waals surface area (Å²) in [6, 6.07) is 3.00. The molecule has 5 nitrogen and oxygen atoms in total. The molecule has 0 aromatic heterocycles. The molecule has 110 valence electrons. The van der Waals surface area contributed by atoms with Crippen molar-refractivity contribution in [1.29, 1.82) is 0 Å². The van der Waals surface area contributed by atoms with E-state index in [9.17, 15) is 17.6 Å². The van der Waals surface area contributed by atoms with Crippen LogP contribution in [0.4, 0.5) is 4.39 Å². The fourth-order valence-corrected chi connectivity index (χ4v) is 4.26. The summed E-state index contributed by atoms with van der Waals surface area (Å²) in [5.41, 5.74) is 0. The fraction of sp³-hybridized carbons (Fsp3) is 0.417. The van der Waals surface area contributed by atoms with Crippen molar-refractivity contribution in [2.45, 2.75) is 30.2 Å². The van der Waals surface area contributed by atoms with E-state index in [1.54, 1.807) is 0 Å². The zero-order valence-electron chi connectivity index (χ0n) is 10.4. The van der Waals surface area contributed by atoms with E-state index in [2.05, 4.69) is 15.9 Å². The number of aliphatic carboxylic acids is 1. The average Bonchev–Trinajstić information content (AvgIpc) is 2.80. The third-order valence-electron chi connectivity index (χ3n) is 3.23. The molecule has 0 aliphatic carbocycles. The topological polar surface area (TPSA) is 74.7 Å². The summed E-state index contributed by atoms with van der Waals surface area (Å²) in [6.07, 6.45) is 0.874. The molecule has 1 aliphatic heterocycles. The zero-order valence-corrected chi connectivity index (χ0v) is 12.8. The predicted molar refractivity (Wildman–Crippen MR) is 73.3 cm³/mol. The molecule has 1 aromatic carbocycles. The number of rotatable bonds is 4. The minimum Gasteiger partial charge on any atom is -0.481 e. The fourth-order valence-electron chi connectivity index (χ4n) is 2.30. The van der Waals surface area contributed by atoms with Crippen molar-refractivity contribution in [2.75, 3.05) is 6.54 Å². The second-order valence-electron chi connectivity index (χ2n) is 4.59. The minimum atomic E-state index is -3.86. The van der Waals surface area contributed by atoms with Crippen molar-refractivity contribution in [3.63, 3.8) is 0 Å². The van der Waals surface area contributed by atoms with Gasteiger partial charge in [-0.05, 0) is 47.0 Å². The maximum atomic E-state index is 13.5. The number of hydrogen-bond donors (Lipinski definition) is 1. The smallest absolute Gasteiger partial charge is 0.304 e. The molecule has 1 atom stereocenters. The molecule has 1 N–H and O–H groups in total. The Morgan fingerprint density at radius 3 is 2.80 bits per heavy atom. The molecule has 1 unspecified atom stereocenters. The maximum Gasteiger partial charge on any atom is 0.304 e. The van der Waals surface area contributed by atoms with E-state index in [0.717, 1.165) is 10.4 Å². The van der Waals surface area contributed by atoms with Crippen LogP contribution in [0.2, 0.25) is 0 Å². The summed E-state index contributed by atoms with van der Waals surface area (Å²) >= 11 is 2.96. The van der Waals surface area contributed by atoms with Crippen molar-refractivity contribution in [1.82, 2.24) is 4.31 Å². The third-order valence-corrected chi connectivity index (χ3v) is 5.82. The lowest BCUT2D eigenvalue weighted by Gasteiger charge is -2.22. The molecule has 1 saturated heterocycles. The minimum absolute atomic E-state index is 0.157. The maximum absolute atomic E-state index is 13.5. The van der Waals surface area contributed by atoms with Gasteiger partial charge in [-0.1, -0.05) is 0 Å². The second-order valence-corrected chi connectivity index (χ2v) is 7.33. The third kappa shape index (κ3) is 3.02. The average molecular weight is 366 g/mol. The van der Waals surface area contributed by atoms with Crippen LogP contribution in [-0.2, 0) is 14.8 Å². The van der Waals surface area contributed by atoms with Crippen molar-refractivity contribution in [2.24, 2.45) is 0 Å². The summed E-state index contributed by atoms with van der Waals surface area (Å²) in [6.45, 7) is 0.262. The lowest BCUT2D eigenvalue weighted by atomic mass is 10.2. The van der Waals surface area contributed by atoms with Crippen LogP contribution in [0.1, 0.15) is 19.3 Å². The molecule has 0 spiro atoms. The Kier molecular flexibility index (Phi) is 4.46. The highest BCUT2D eigenvalue weighted by molar-refractivity contribution is 9.10. The van der Waals surface area contributed by atoms with Gasteiger partial charge in [-0.15, -0.1) is 0 Å². The number of halogens is 2. The Bertz CT molecular complexity index is 634. The first kappa shape index (κ1) is 15.4. The Labute approximate surface area is 124 Å². The first-order valence-electron chi connectivity index (χ1n) is 6.01. The van der Waals surface area contributed by atoms with Gasteiger partial charge < -0.3 is 5.11 Å². The van der Waals surface area contributed by atoms with Crippen LogP contribution in [-0.4, -0.2) is 36.4 Å². The van der Waals surface area contributed by atoms with Crippen LogP contribution in [0.5, 0.6) is 0 Å². The van der Waals surface area contributed by atoms with Crippen LogP contribution in [0.25, 0.3) is 0 Å². The molecule has 0 bridgehead atoms. The van der Waals surface area contributed by atoms with E-state index >= 15 is 0 Å². The molecule has 8 heteroatoms. The highest BCUT2D eigenvalue weighted by atomic mass is 79.9. The van der Waals surface area contributed by atoms with Crippen LogP contribution in [0.15, 0.2) is 27.6 Å². The number of carboxylic acids is 1. The molecule has 1 fully saturated rings. The number of nitrogens with zero attached hydrogens (tertiary/aromatic N) is 1. The summed E-state index contributed by atoms with van der Waals surface area (Å²) in [4.78, 5) is 10.6. The monoisotopic (exact) mass is 365 g/mol. The lowest BCUT2D eigenvalue weighted by molar-refractivity contribution is -0.137. The molecule has 0 saturated carbocycles. The van der Waals surface area contributed by atoms with Crippen LogP contribution in [0, 0.1) is 5.82 Å². The molecule has 0 amide bonds. The Hall–Kier alpha value is -0.990. The Morgan fingerprint density at radius 2 is 2.20 bits per heavy atom. The van der Waals surface area contributed by atoms with E-state index < -0.39 is 27.9 Å². The van der Waals surface area contributed by atoms with E-state index in [0.29, 0.717) is 12.8 Å². The SMILES string of the molecule is O=C(O)CC1CCCN1S(=O)(=O)c1ccc(Br)c(F)c1. The van der Waals surface area contributed by atoms with Crippen molar-refractivity contribution in [3.05, 3.63) is 28.5 Å². The molecule has 20 heavy (non-hydrogen) atoms. The summed E-state index contributed by atoms with van der Waals surface area (Å²) < 4.78 is 39.7. The van der Waals surface area contributed by atoms with E-state index in [1.807, 2.05) is 0 Å². The largest absolute Gasteiger partial charge is 0.481 e. The highest BCUT2D eigenvalue weighted by Gasteiger charge is 2.36. The van der Waals surface area contributed by atoms with Gasteiger partial charge in [0.15, 0.2) is 0 Å². The van der Waals surface area contributed by atoms with Gasteiger partial charge in [0, 0.05) is 12.6 Å². The summed E-state index contributed by atoms with van der Waals surface area (Å²) in [5, 5.41) is 8.82. The number of carboxylic acid groups (broad SMARTS) is 1. The number of benzene rings is 1.